The van der Waals surface area contributed by atoms with E-state index in [2.05, 4.69) is 0 Å². The molecule has 0 aliphatic rings. The molecule has 0 N–H and O–H groups in total. The summed E-state index contributed by atoms with van der Waals surface area (Å²) < 4.78 is 17.2. The molecule has 11 heavy (non-hydrogen) atoms. The number of aryl methyl sites for hydroxylation is 1. The predicted molar refractivity (Wildman–Crippen MR) is 44.3 cm³/mol. The molecule has 0 amide bonds. The molecule has 0 aromatic heterocycles. The first kappa shape index (κ1) is 6.53. The van der Waals surface area contributed by atoms with Gasteiger partial charge in [0.25, 0.3) is 0 Å². The molecule has 2 nitrogen and oxygen atoms in total. The van der Waals surface area contributed by atoms with Crippen LogP contribution >= 0.6 is 0 Å². The first-order chi connectivity index (χ1) is 5.80. The van der Waals surface area contributed by atoms with Crippen LogP contribution in [0.4, 0.5) is 0 Å². The minimum Gasteiger partial charge on any atom is -0.497 e. The van der Waals surface area contributed by atoms with Crippen molar-refractivity contribution < 1.29 is 10.8 Å². The van der Waals surface area contributed by atoms with E-state index in [4.69, 9.17) is 10.8 Å². The van der Waals surface area contributed by atoms with Gasteiger partial charge in [-0.3, -0.25) is 0 Å². The van der Waals surface area contributed by atoms with Gasteiger partial charge in [0.2, 0.25) is 0 Å². The Hall–Kier alpha value is -1.18. The molecule has 0 fully saturated rings. The summed E-state index contributed by atoms with van der Waals surface area (Å²) in [5.74, 6) is 1.47. The van der Waals surface area contributed by atoms with E-state index in [1.165, 1.54) is 0 Å². The zero-order valence-electron chi connectivity index (χ0n) is 7.76. The van der Waals surface area contributed by atoms with Crippen LogP contribution in [0.3, 0.4) is 0 Å². The summed E-state index contributed by atoms with van der Waals surface area (Å²) in [6, 6.07) is 5.45. The number of methoxy groups -OCH3 is 2. The summed E-state index contributed by atoms with van der Waals surface area (Å²) in [4.78, 5) is 0. The van der Waals surface area contributed by atoms with Crippen LogP contribution in [0.15, 0.2) is 18.2 Å². The van der Waals surface area contributed by atoms with Gasteiger partial charge >= 0.3 is 0 Å². The van der Waals surface area contributed by atoms with Gasteiger partial charge in [0.1, 0.15) is 11.5 Å². The molecule has 60 valence electrons. The van der Waals surface area contributed by atoms with Crippen LogP contribution in [0.5, 0.6) is 11.5 Å². The zero-order valence-corrected chi connectivity index (χ0v) is 6.76. The largest absolute Gasteiger partial charge is 0.497 e. The summed E-state index contributed by atoms with van der Waals surface area (Å²) in [5, 5.41) is 0. The van der Waals surface area contributed by atoms with Crippen molar-refractivity contribution in [1.29, 1.82) is 0 Å². The third-order valence-electron chi connectivity index (χ3n) is 1.41. The minimum absolute atomic E-state index is 0.244. The van der Waals surface area contributed by atoms with Gasteiger partial charge < -0.3 is 9.47 Å². The maximum Gasteiger partial charge on any atom is 0.122 e. The van der Waals surface area contributed by atoms with Crippen LogP contribution in [0.1, 0.15) is 6.93 Å². The van der Waals surface area contributed by atoms with Crippen LogP contribution in [0.2, 0.25) is 0 Å². The van der Waals surface area contributed by atoms with Gasteiger partial charge in [-0.2, -0.15) is 0 Å². The molecular weight excluding hydrogens is 140 g/mol. The van der Waals surface area contributed by atoms with Crippen LogP contribution in [-0.2, 0) is 0 Å². The predicted octanol–water partition coefficient (Wildman–Crippen LogP) is 2.01. The van der Waals surface area contributed by atoms with E-state index >= 15 is 0 Å². The summed E-state index contributed by atoms with van der Waals surface area (Å²) in [5.41, 5.74) is 0.895. The summed E-state index contributed by atoms with van der Waals surface area (Å²) in [6.07, 6.45) is 0. The Morgan fingerprint density at radius 1 is 1.09 bits per heavy atom. The second kappa shape index (κ2) is 3.28. The van der Waals surface area contributed by atoms with Crippen molar-refractivity contribution in [2.24, 2.45) is 0 Å². The topological polar surface area (TPSA) is 18.5 Å². The standard InChI is InChI=1S/C9H12O2/c1-7-4-8(10-2)6-9(5-7)11-3/h4-6H,1-3H3/i1T. The molecule has 1 aromatic carbocycles. The van der Waals surface area contributed by atoms with E-state index in [1.54, 1.807) is 20.3 Å². The molecule has 0 aliphatic heterocycles. The van der Waals surface area contributed by atoms with Crippen molar-refractivity contribution in [1.82, 2.24) is 0 Å². The Morgan fingerprint density at radius 2 is 1.64 bits per heavy atom. The third-order valence-corrected chi connectivity index (χ3v) is 1.41. The molecule has 0 atom stereocenters. The lowest BCUT2D eigenvalue weighted by molar-refractivity contribution is 0.394. The van der Waals surface area contributed by atoms with Crippen molar-refractivity contribution in [2.45, 2.75) is 6.90 Å². The van der Waals surface area contributed by atoms with Gasteiger partial charge in [-0.1, -0.05) is 0 Å². The molecule has 0 saturated heterocycles. The van der Waals surface area contributed by atoms with Crippen molar-refractivity contribution in [3.05, 3.63) is 23.8 Å². The normalized spacial score (nSPS) is 10.5. The lowest BCUT2D eigenvalue weighted by Gasteiger charge is -2.04. The van der Waals surface area contributed by atoms with Gasteiger partial charge in [-0.05, 0) is 24.6 Å². The first-order valence-corrected chi connectivity index (χ1v) is 3.31. The average molecular weight is 154 g/mol. The van der Waals surface area contributed by atoms with Crippen LogP contribution < -0.4 is 9.47 Å². The van der Waals surface area contributed by atoms with Crippen LogP contribution in [-0.4, -0.2) is 14.2 Å². The SMILES string of the molecule is [3H]Cc1cc(OC)cc(OC)c1. The summed E-state index contributed by atoms with van der Waals surface area (Å²) in [7, 11) is 3.20. The average Bonchev–Trinajstić information content (AvgIpc) is 2.16. The van der Waals surface area contributed by atoms with Gasteiger partial charge in [0.15, 0.2) is 0 Å². The highest BCUT2D eigenvalue weighted by atomic mass is 16.5. The molecule has 0 unspecified atom stereocenters. The summed E-state index contributed by atoms with van der Waals surface area (Å²) >= 11 is 0. The maximum absolute atomic E-state index is 7.18. The Bertz CT molecular complexity index is 205. The Labute approximate surface area is 68.2 Å². The second-order valence-corrected chi connectivity index (χ2v) is 2.22. The van der Waals surface area contributed by atoms with E-state index < -0.39 is 0 Å². The van der Waals surface area contributed by atoms with Crippen LogP contribution in [0, 0.1) is 6.90 Å². The highest BCUT2D eigenvalue weighted by Crippen LogP contribution is 2.21. The molecule has 2 heteroatoms. The number of rotatable bonds is 2. The Balaban J connectivity index is 3.01. The molecule has 0 saturated carbocycles. The molecule has 0 aliphatic carbocycles. The first-order valence-electron chi connectivity index (χ1n) is 4.02. The molecule has 0 heterocycles. The van der Waals surface area contributed by atoms with E-state index in [1.807, 2.05) is 12.1 Å². The van der Waals surface area contributed by atoms with Crippen molar-refractivity contribution in [3.63, 3.8) is 0 Å². The minimum atomic E-state index is 0.244. The zero-order chi connectivity index (χ0) is 8.97. The quantitative estimate of drug-likeness (QED) is 0.648. The van der Waals surface area contributed by atoms with Crippen molar-refractivity contribution >= 4 is 0 Å². The fourth-order valence-corrected chi connectivity index (χ4v) is 0.866. The fourth-order valence-electron chi connectivity index (χ4n) is 0.866. The third kappa shape index (κ3) is 1.87. The highest BCUT2D eigenvalue weighted by molar-refractivity contribution is 5.37. The molecule has 0 spiro atoms. The number of benzene rings is 1. The van der Waals surface area contributed by atoms with Crippen molar-refractivity contribution in [3.8, 4) is 11.5 Å². The molecule has 1 rings (SSSR count). The Kier molecular flexibility index (Phi) is 1.95. The molecule has 1 aromatic rings. The number of hydrogen-bond donors (Lipinski definition) is 0. The van der Waals surface area contributed by atoms with Gasteiger partial charge in [-0.15, -0.1) is 0 Å². The maximum atomic E-state index is 7.18. The van der Waals surface area contributed by atoms with Gasteiger partial charge in [-0.25, -0.2) is 0 Å². The smallest absolute Gasteiger partial charge is 0.122 e. The summed E-state index contributed by atoms with van der Waals surface area (Å²) in [6.45, 7) is 0.244. The Morgan fingerprint density at radius 3 is 2.00 bits per heavy atom. The molecular formula is C9H12O2. The van der Waals surface area contributed by atoms with E-state index in [0.717, 1.165) is 17.1 Å². The fraction of sp³-hybridized carbons (Fsp3) is 0.333. The van der Waals surface area contributed by atoms with E-state index in [9.17, 15) is 0 Å². The van der Waals surface area contributed by atoms with E-state index in [0.29, 0.717) is 0 Å². The van der Waals surface area contributed by atoms with Gasteiger partial charge in [0.05, 0.1) is 14.2 Å². The lowest BCUT2D eigenvalue weighted by Crippen LogP contribution is -1.87. The van der Waals surface area contributed by atoms with Crippen LogP contribution in [0.25, 0.3) is 0 Å². The lowest BCUT2D eigenvalue weighted by atomic mass is 10.2. The van der Waals surface area contributed by atoms with Gasteiger partial charge in [0, 0.05) is 7.44 Å². The number of ether oxygens (including phenoxy) is 2. The van der Waals surface area contributed by atoms with Crippen molar-refractivity contribution in [2.75, 3.05) is 14.2 Å². The number of hydrogen-bond acceptors (Lipinski definition) is 2. The molecule has 0 radical (unpaired) electrons. The highest BCUT2D eigenvalue weighted by Gasteiger charge is 1.96. The monoisotopic (exact) mass is 154 g/mol. The molecule has 0 bridgehead atoms. The van der Waals surface area contributed by atoms with E-state index in [-0.39, 0.29) is 6.90 Å². The second-order valence-electron chi connectivity index (χ2n) is 2.22.